The molecule has 1 aliphatic rings. The maximum Gasteiger partial charge on any atom is 0.265 e. The van der Waals surface area contributed by atoms with E-state index in [1.165, 1.54) is 11.3 Å². The third kappa shape index (κ3) is 3.39. The van der Waals surface area contributed by atoms with E-state index in [1.54, 1.807) is 61.5 Å². The molecule has 2 amide bonds. The van der Waals surface area contributed by atoms with Crippen molar-refractivity contribution in [2.24, 2.45) is 0 Å². The third-order valence-corrected chi connectivity index (χ3v) is 5.20. The molecule has 0 saturated heterocycles. The molecular weight excluding hydrogens is 376 g/mol. The van der Waals surface area contributed by atoms with E-state index in [-0.39, 0.29) is 17.3 Å². The van der Waals surface area contributed by atoms with Gasteiger partial charge in [-0.1, -0.05) is 24.3 Å². The first-order chi connectivity index (χ1) is 13.5. The van der Waals surface area contributed by atoms with Gasteiger partial charge in [-0.15, -0.1) is 11.3 Å². The van der Waals surface area contributed by atoms with Crippen LogP contribution in [-0.2, 0) is 4.79 Å². The van der Waals surface area contributed by atoms with E-state index in [0.29, 0.717) is 27.6 Å². The van der Waals surface area contributed by atoms with Crippen LogP contribution in [0.5, 0.6) is 5.75 Å². The SMILES string of the molecule is C[C@H]1Oc2ccc(NC(=O)c3ccccc3C(=O)c3cccs3)cc2NC1=O. The molecule has 0 unspecified atom stereocenters. The van der Waals surface area contributed by atoms with Gasteiger partial charge in [-0.2, -0.15) is 0 Å². The summed E-state index contributed by atoms with van der Waals surface area (Å²) in [6.07, 6.45) is -0.567. The second-order valence-corrected chi connectivity index (χ2v) is 7.21. The summed E-state index contributed by atoms with van der Waals surface area (Å²) >= 11 is 1.33. The molecular formula is C21H16N2O4S. The van der Waals surface area contributed by atoms with Gasteiger partial charge in [-0.05, 0) is 42.6 Å². The first-order valence-electron chi connectivity index (χ1n) is 8.63. The molecule has 28 heavy (non-hydrogen) atoms. The van der Waals surface area contributed by atoms with Crippen LogP contribution in [0.2, 0.25) is 0 Å². The van der Waals surface area contributed by atoms with Crippen molar-refractivity contribution in [3.8, 4) is 5.75 Å². The van der Waals surface area contributed by atoms with Gasteiger partial charge in [0.25, 0.3) is 11.8 Å². The summed E-state index contributed by atoms with van der Waals surface area (Å²) in [6.45, 7) is 1.66. The predicted octanol–water partition coefficient (Wildman–Crippen LogP) is 3.95. The molecule has 2 N–H and O–H groups in total. The van der Waals surface area contributed by atoms with Crippen LogP contribution in [0.15, 0.2) is 60.0 Å². The number of rotatable bonds is 4. The molecule has 140 valence electrons. The molecule has 0 bridgehead atoms. The second kappa shape index (κ2) is 7.28. The van der Waals surface area contributed by atoms with Crippen molar-refractivity contribution >= 4 is 40.3 Å². The van der Waals surface area contributed by atoms with Gasteiger partial charge in [0.2, 0.25) is 5.78 Å². The van der Waals surface area contributed by atoms with Gasteiger partial charge in [-0.3, -0.25) is 14.4 Å². The van der Waals surface area contributed by atoms with E-state index in [1.807, 2.05) is 5.38 Å². The Morgan fingerprint density at radius 2 is 1.86 bits per heavy atom. The normalized spacial score (nSPS) is 15.2. The third-order valence-electron chi connectivity index (χ3n) is 4.33. The number of anilines is 2. The van der Waals surface area contributed by atoms with Crippen molar-refractivity contribution in [2.45, 2.75) is 13.0 Å². The summed E-state index contributed by atoms with van der Waals surface area (Å²) in [5, 5.41) is 7.34. The van der Waals surface area contributed by atoms with E-state index in [4.69, 9.17) is 4.74 Å². The Balaban J connectivity index is 1.59. The number of ether oxygens (including phenoxy) is 1. The van der Waals surface area contributed by atoms with Crippen LogP contribution < -0.4 is 15.4 Å². The smallest absolute Gasteiger partial charge is 0.265 e. The molecule has 0 spiro atoms. The minimum absolute atomic E-state index is 0.194. The van der Waals surface area contributed by atoms with Crippen LogP contribution in [0, 0.1) is 0 Å². The van der Waals surface area contributed by atoms with E-state index in [0.717, 1.165) is 0 Å². The highest BCUT2D eigenvalue weighted by Crippen LogP contribution is 2.32. The van der Waals surface area contributed by atoms with Crippen LogP contribution in [0.3, 0.4) is 0 Å². The molecule has 1 aliphatic heterocycles. The maximum atomic E-state index is 12.8. The largest absolute Gasteiger partial charge is 0.479 e. The van der Waals surface area contributed by atoms with E-state index in [2.05, 4.69) is 10.6 Å². The Kier molecular flexibility index (Phi) is 4.67. The van der Waals surface area contributed by atoms with E-state index >= 15 is 0 Å². The molecule has 7 heteroatoms. The number of nitrogens with one attached hydrogen (secondary N) is 2. The number of hydrogen-bond acceptors (Lipinski definition) is 5. The van der Waals surface area contributed by atoms with Crippen LogP contribution in [0.1, 0.15) is 32.5 Å². The van der Waals surface area contributed by atoms with Gasteiger partial charge in [0.1, 0.15) is 5.75 Å². The zero-order valence-electron chi connectivity index (χ0n) is 14.9. The van der Waals surface area contributed by atoms with Crippen molar-refractivity contribution in [2.75, 3.05) is 10.6 Å². The maximum absolute atomic E-state index is 12.8. The lowest BCUT2D eigenvalue weighted by atomic mass is 10.0. The number of benzene rings is 2. The van der Waals surface area contributed by atoms with Crippen LogP contribution in [-0.4, -0.2) is 23.7 Å². The quantitative estimate of drug-likeness (QED) is 0.659. The first-order valence-corrected chi connectivity index (χ1v) is 9.51. The number of carbonyl (C=O) groups excluding carboxylic acids is 3. The van der Waals surface area contributed by atoms with Gasteiger partial charge in [0.15, 0.2) is 6.10 Å². The highest BCUT2D eigenvalue weighted by atomic mass is 32.1. The summed E-state index contributed by atoms with van der Waals surface area (Å²) in [6, 6.07) is 15.2. The zero-order chi connectivity index (χ0) is 19.7. The van der Waals surface area contributed by atoms with Gasteiger partial charge < -0.3 is 15.4 Å². The fraction of sp³-hybridized carbons (Fsp3) is 0.0952. The number of fused-ring (bicyclic) bond motifs is 1. The molecule has 0 radical (unpaired) electrons. The molecule has 2 heterocycles. The Morgan fingerprint density at radius 1 is 1.07 bits per heavy atom. The fourth-order valence-corrected chi connectivity index (χ4v) is 3.58. The van der Waals surface area contributed by atoms with Gasteiger partial charge in [-0.25, -0.2) is 0 Å². The van der Waals surface area contributed by atoms with Crippen molar-refractivity contribution in [1.82, 2.24) is 0 Å². The molecule has 4 rings (SSSR count). The van der Waals surface area contributed by atoms with Crippen LogP contribution >= 0.6 is 11.3 Å². The number of ketones is 1. The highest BCUT2D eigenvalue weighted by Gasteiger charge is 2.24. The lowest BCUT2D eigenvalue weighted by molar-refractivity contribution is -0.122. The lowest BCUT2D eigenvalue weighted by Crippen LogP contribution is -2.34. The Hall–Kier alpha value is -3.45. The Morgan fingerprint density at radius 3 is 2.61 bits per heavy atom. The number of amides is 2. The van der Waals surface area contributed by atoms with Gasteiger partial charge in [0.05, 0.1) is 16.1 Å². The molecule has 2 aromatic carbocycles. The monoisotopic (exact) mass is 392 g/mol. The molecule has 0 saturated carbocycles. The Labute approximate surface area is 165 Å². The lowest BCUT2D eigenvalue weighted by Gasteiger charge is -2.23. The van der Waals surface area contributed by atoms with Crippen LogP contribution in [0.4, 0.5) is 11.4 Å². The topological polar surface area (TPSA) is 84.5 Å². The van der Waals surface area contributed by atoms with Crippen molar-refractivity contribution < 1.29 is 19.1 Å². The van der Waals surface area contributed by atoms with E-state index in [9.17, 15) is 14.4 Å². The summed E-state index contributed by atoms with van der Waals surface area (Å²) in [5.41, 5.74) is 1.60. The summed E-state index contributed by atoms with van der Waals surface area (Å²) in [5.74, 6) is -0.307. The standard InChI is InChI=1S/C21H16N2O4S/c1-12-20(25)23-16-11-13(8-9-17(16)27-12)22-21(26)15-6-3-2-5-14(15)19(24)18-7-4-10-28-18/h2-12H,1H3,(H,22,26)(H,23,25)/t12-/m1/s1. The highest BCUT2D eigenvalue weighted by molar-refractivity contribution is 7.12. The molecule has 1 aromatic heterocycles. The first kappa shape index (κ1) is 17.9. The molecule has 0 aliphatic carbocycles. The molecule has 3 aromatic rings. The minimum atomic E-state index is -0.567. The summed E-state index contributed by atoms with van der Waals surface area (Å²) in [7, 11) is 0. The van der Waals surface area contributed by atoms with E-state index < -0.39 is 12.0 Å². The number of carbonyl (C=O) groups is 3. The predicted molar refractivity (Wildman–Crippen MR) is 107 cm³/mol. The van der Waals surface area contributed by atoms with Gasteiger partial charge >= 0.3 is 0 Å². The average molecular weight is 392 g/mol. The molecule has 1 atom stereocenters. The average Bonchev–Trinajstić information content (AvgIpc) is 3.23. The zero-order valence-corrected chi connectivity index (χ0v) is 15.7. The van der Waals surface area contributed by atoms with Gasteiger partial charge in [0, 0.05) is 11.3 Å². The van der Waals surface area contributed by atoms with Crippen LogP contribution in [0.25, 0.3) is 0 Å². The van der Waals surface area contributed by atoms with Crippen molar-refractivity contribution in [3.63, 3.8) is 0 Å². The number of hydrogen-bond donors (Lipinski definition) is 2. The Bertz CT molecular complexity index is 1080. The fourth-order valence-electron chi connectivity index (χ4n) is 2.90. The second-order valence-electron chi connectivity index (χ2n) is 6.27. The molecule has 0 fully saturated rings. The van der Waals surface area contributed by atoms with Crippen molar-refractivity contribution in [1.29, 1.82) is 0 Å². The molecule has 6 nitrogen and oxygen atoms in total. The summed E-state index contributed by atoms with van der Waals surface area (Å²) < 4.78 is 5.51. The minimum Gasteiger partial charge on any atom is -0.479 e. The van der Waals surface area contributed by atoms with Crippen molar-refractivity contribution in [3.05, 3.63) is 76.0 Å². The number of thiophene rings is 1. The summed E-state index contributed by atoms with van der Waals surface area (Å²) in [4.78, 5) is 37.9.